The third kappa shape index (κ3) is 6.53. The van der Waals surface area contributed by atoms with Crippen LogP contribution in [0.15, 0.2) is 59.5 Å². The van der Waals surface area contributed by atoms with Gasteiger partial charge in [-0.3, -0.25) is 4.79 Å². The number of sulfone groups is 1. The van der Waals surface area contributed by atoms with E-state index >= 15 is 0 Å². The van der Waals surface area contributed by atoms with Crippen molar-refractivity contribution in [2.75, 3.05) is 12.9 Å². The van der Waals surface area contributed by atoms with Crippen LogP contribution in [0.2, 0.25) is 0 Å². The lowest BCUT2D eigenvalue weighted by Crippen LogP contribution is -2.36. The molecule has 1 amide bonds. The van der Waals surface area contributed by atoms with Crippen molar-refractivity contribution in [1.29, 1.82) is 0 Å². The van der Waals surface area contributed by atoms with Crippen LogP contribution >= 0.6 is 0 Å². The van der Waals surface area contributed by atoms with Gasteiger partial charge >= 0.3 is 5.97 Å². The Labute approximate surface area is 159 Å². The molecule has 0 aromatic heterocycles. The van der Waals surface area contributed by atoms with E-state index in [0.717, 1.165) is 19.1 Å². The molecule has 2 aromatic carbocycles. The number of amides is 1. The van der Waals surface area contributed by atoms with Crippen LogP contribution in [0.4, 0.5) is 0 Å². The number of nitrogens with one attached hydrogen (secondary N) is 1. The first-order chi connectivity index (χ1) is 12.8. The summed E-state index contributed by atoms with van der Waals surface area (Å²) in [6.45, 7) is 1.41. The number of hydrogen-bond donors (Lipinski definition) is 1. The van der Waals surface area contributed by atoms with Gasteiger partial charge in [0.05, 0.1) is 10.5 Å². The van der Waals surface area contributed by atoms with E-state index in [1.807, 2.05) is 37.3 Å². The molecule has 0 bridgehead atoms. The highest BCUT2D eigenvalue weighted by Crippen LogP contribution is 2.16. The summed E-state index contributed by atoms with van der Waals surface area (Å²) in [5.74, 6) is -1.27. The first-order valence-electron chi connectivity index (χ1n) is 8.57. The molecule has 0 fully saturated rings. The zero-order valence-corrected chi connectivity index (χ0v) is 16.2. The zero-order chi connectivity index (χ0) is 19.9. The minimum atomic E-state index is -3.57. The monoisotopic (exact) mass is 389 g/mol. The Balaban J connectivity index is 1.84. The third-order valence-corrected chi connectivity index (χ3v) is 5.11. The van der Waals surface area contributed by atoms with E-state index < -0.39 is 28.3 Å². The Kier molecular flexibility index (Phi) is 7.12. The molecule has 0 unspecified atom stereocenters. The number of benzene rings is 2. The van der Waals surface area contributed by atoms with E-state index in [2.05, 4.69) is 5.32 Å². The van der Waals surface area contributed by atoms with Gasteiger partial charge < -0.3 is 10.1 Å². The second-order valence-electron chi connectivity index (χ2n) is 6.34. The molecule has 0 spiro atoms. The van der Waals surface area contributed by atoms with Crippen molar-refractivity contribution in [3.63, 3.8) is 0 Å². The van der Waals surface area contributed by atoms with Gasteiger partial charge in [0.1, 0.15) is 0 Å². The van der Waals surface area contributed by atoms with E-state index in [4.69, 9.17) is 4.74 Å². The Bertz CT molecular complexity index is 894. The molecule has 0 heterocycles. The molecule has 0 aliphatic heterocycles. The van der Waals surface area contributed by atoms with Crippen molar-refractivity contribution < 1.29 is 22.7 Å². The Morgan fingerprint density at radius 1 is 1.04 bits per heavy atom. The van der Waals surface area contributed by atoms with Crippen molar-refractivity contribution in [3.05, 3.63) is 65.7 Å². The van der Waals surface area contributed by atoms with E-state index in [1.54, 1.807) is 0 Å². The summed E-state index contributed by atoms with van der Waals surface area (Å²) < 4.78 is 28.5. The summed E-state index contributed by atoms with van der Waals surface area (Å²) in [5, 5.41) is 2.77. The number of ether oxygens (including phenoxy) is 1. The quantitative estimate of drug-likeness (QED) is 0.700. The third-order valence-electron chi connectivity index (χ3n) is 3.96. The predicted molar refractivity (Wildman–Crippen MR) is 102 cm³/mol. The number of carbonyl (C=O) groups excluding carboxylic acids is 2. The highest BCUT2D eigenvalue weighted by Gasteiger charge is 2.20. The van der Waals surface area contributed by atoms with Crippen molar-refractivity contribution in [2.45, 2.75) is 30.7 Å². The average Bonchev–Trinajstić information content (AvgIpc) is 2.64. The molecule has 0 saturated heterocycles. The Morgan fingerprint density at radius 3 is 2.33 bits per heavy atom. The smallest absolute Gasteiger partial charge is 0.339 e. The highest BCUT2D eigenvalue weighted by molar-refractivity contribution is 7.90. The molecule has 1 atom stereocenters. The molecular formula is C20H23NO5S. The molecule has 2 rings (SSSR count). The van der Waals surface area contributed by atoms with Gasteiger partial charge in [-0.05, 0) is 37.5 Å². The fourth-order valence-electron chi connectivity index (χ4n) is 2.58. The lowest BCUT2D eigenvalue weighted by molar-refractivity contribution is -0.124. The highest BCUT2D eigenvalue weighted by atomic mass is 32.2. The van der Waals surface area contributed by atoms with Crippen LogP contribution in [-0.4, -0.2) is 39.2 Å². The van der Waals surface area contributed by atoms with Gasteiger partial charge in [0.25, 0.3) is 5.91 Å². The second-order valence-corrected chi connectivity index (χ2v) is 8.32. The van der Waals surface area contributed by atoms with Gasteiger partial charge in [-0.15, -0.1) is 0 Å². The molecule has 27 heavy (non-hydrogen) atoms. The fourth-order valence-corrected chi connectivity index (χ4v) is 3.46. The summed E-state index contributed by atoms with van der Waals surface area (Å²) in [5.41, 5.74) is 1.10. The van der Waals surface area contributed by atoms with E-state index in [9.17, 15) is 18.0 Å². The van der Waals surface area contributed by atoms with Crippen LogP contribution in [0.25, 0.3) is 0 Å². The molecule has 2 aromatic rings. The molecule has 144 valence electrons. The van der Waals surface area contributed by atoms with Crippen LogP contribution < -0.4 is 5.32 Å². The molecule has 0 aliphatic carbocycles. The molecule has 0 aliphatic rings. The fraction of sp³-hybridized carbons (Fsp3) is 0.300. The second kappa shape index (κ2) is 9.32. The Morgan fingerprint density at radius 2 is 1.67 bits per heavy atom. The summed E-state index contributed by atoms with van der Waals surface area (Å²) in [6.07, 6.45) is 2.59. The average molecular weight is 389 g/mol. The summed E-state index contributed by atoms with van der Waals surface area (Å²) in [6, 6.07) is 15.6. The molecule has 6 nitrogen and oxygen atoms in total. The lowest BCUT2D eigenvalue weighted by atomic mass is 10.1. The number of esters is 1. The predicted octanol–water partition coefficient (Wildman–Crippen LogP) is 2.38. The minimum Gasteiger partial charge on any atom is -0.452 e. The van der Waals surface area contributed by atoms with Crippen LogP contribution in [0.5, 0.6) is 0 Å². The molecule has 1 N–H and O–H groups in total. The Hall–Kier alpha value is -2.67. The summed E-state index contributed by atoms with van der Waals surface area (Å²) in [7, 11) is -3.57. The number of aryl methyl sites for hydroxylation is 1. The zero-order valence-electron chi connectivity index (χ0n) is 15.3. The summed E-state index contributed by atoms with van der Waals surface area (Å²) >= 11 is 0. The van der Waals surface area contributed by atoms with E-state index in [1.165, 1.54) is 29.8 Å². The minimum absolute atomic E-state index is 0.0788. The van der Waals surface area contributed by atoms with Gasteiger partial charge in [-0.25, -0.2) is 13.2 Å². The first kappa shape index (κ1) is 20.6. The number of hydrogen-bond acceptors (Lipinski definition) is 5. The normalized spacial score (nSPS) is 12.2. The van der Waals surface area contributed by atoms with Crippen LogP contribution in [0.3, 0.4) is 0 Å². The maximum Gasteiger partial charge on any atom is 0.339 e. The van der Waals surface area contributed by atoms with Crippen molar-refractivity contribution in [1.82, 2.24) is 5.32 Å². The van der Waals surface area contributed by atoms with Crippen LogP contribution in [0.1, 0.15) is 29.3 Å². The SMILES string of the molecule is C[C@H](CCc1ccccc1)NC(=O)COC(=O)c1ccccc1S(C)(=O)=O. The molecular weight excluding hydrogens is 366 g/mol. The van der Waals surface area contributed by atoms with Crippen molar-refractivity contribution in [3.8, 4) is 0 Å². The van der Waals surface area contributed by atoms with Gasteiger partial charge in [-0.1, -0.05) is 42.5 Å². The molecule has 7 heteroatoms. The van der Waals surface area contributed by atoms with Crippen molar-refractivity contribution >= 4 is 21.7 Å². The molecule has 0 saturated carbocycles. The van der Waals surface area contributed by atoms with Gasteiger partial charge in [0.2, 0.25) is 0 Å². The van der Waals surface area contributed by atoms with Crippen molar-refractivity contribution in [2.24, 2.45) is 0 Å². The maximum atomic E-state index is 12.1. The number of rotatable bonds is 8. The number of carbonyl (C=O) groups is 2. The largest absolute Gasteiger partial charge is 0.452 e. The lowest BCUT2D eigenvalue weighted by Gasteiger charge is -2.14. The topological polar surface area (TPSA) is 89.5 Å². The van der Waals surface area contributed by atoms with Gasteiger partial charge in [0.15, 0.2) is 16.4 Å². The first-order valence-corrected chi connectivity index (χ1v) is 10.5. The molecule has 0 radical (unpaired) electrons. The van der Waals surface area contributed by atoms with Gasteiger partial charge in [-0.2, -0.15) is 0 Å². The maximum absolute atomic E-state index is 12.1. The summed E-state index contributed by atoms with van der Waals surface area (Å²) in [4.78, 5) is 24.0. The van der Waals surface area contributed by atoms with Gasteiger partial charge in [0, 0.05) is 12.3 Å². The van der Waals surface area contributed by atoms with E-state index in [0.29, 0.717) is 0 Å². The standard InChI is InChI=1S/C20H23NO5S/c1-15(12-13-16-8-4-3-5-9-16)21-19(22)14-26-20(23)17-10-6-7-11-18(17)27(2,24)25/h3-11,15H,12-14H2,1-2H3,(H,21,22)/t15-/m1/s1. The van der Waals surface area contributed by atoms with Crippen LogP contribution in [-0.2, 0) is 25.8 Å². The van der Waals surface area contributed by atoms with Crippen LogP contribution in [0, 0.1) is 0 Å². The van der Waals surface area contributed by atoms with E-state index in [-0.39, 0.29) is 16.5 Å².